The van der Waals surface area contributed by atoms with E-state index in [1.807, 2.05) is 38.1 Å². The number of hydrogen-bond donors (Lipinski definition) is 1. The highest BCUT2D eigenvalue weighted by molar-refractivity contribution is 7.22. The van der Waals surface area contributed by atoms with E-state index >= 15 is 0 Å². The van der Waals surface area contributed by atoms with Crippen molar-refractivity contribution in [3.63, 3.8) is 0 Å². The highest BCUT2D eigenvalue weighted by Gasteiger charge is 2.48. The van der Waals surface area contributed by atoms with Gasteiger partial charge in [0.2, 0.25) is 0 Å². The molecule has 1 fully saturated rings. The highest BCUT2D eigenvalue weighted by atomic mass is 32.1. The van der Waals surface area contributed by atoms with Crippen LogP contribution in [0.3, 0.4) is 0 Å². The summed E-state index contributed by atoms with van der Waals surface area (Å²) in [6, 6.07) is 13.4. The van der Waals surface area contributed by atoms with E-state index in [0.29, 0.717) is 40.6 Å². The lowest BCUT2D eigenvalue weighted by Crippen LogP contribution is -2.29. The number of carbonyl (C=O) groups excluding carboxylic acids is 2. The van der Waals surface area contributed by atoms with Crippen LogP contribution < -0.4 is 14.4 Å². The molecule has 0 aliphatic carbocycles. The van der Waals surface area contributed by atoms with Gasteiger partial charge in [0.05, 0.1) is 28.4 Å². The summed E-state index contributed by atoms with van der Waals surface area (Å²) in [4.78, 5) is 37.1. The fourth-order valence-electron chi connectivity index (χ4n) is 4.86. The molecule has 1 amide bonds. The minimum atomic E-state index is -0.885. The predicted octanol–water partition coefficient (Wildman–Crippen LogP) is 5.04. The van der Waals surface area contributed by atoms with Crippen LogP contribution in [0.1, 0.15) is 36.6 Å². The molecule has 2 aromatic carbocycles. The Labute approximate surface area is 216 Å². The molecule has 9 heteroatoms. The molecular weight excluding hydrogens is 490 g/mol. The number of thiazole rings is 1. The van der Waals surface area contributed by atoms with E-state index in [4.69, 9.17) is 9.47 Å². The van der Waals surface area contributed by atoms with Gasteiger partial charge in [0.25, 0.3) is 5.78 Å². The molecule has 2 aliphatic rings. The minimum Gasteiger partial charge on any atom is -0.507 e. The number of Topliss-reactive ketones (excluding diaryl/α,β-unsaturated/α-hetero) is 1. The van der Waals surface area contributed by atoms with Crippen LogP contribution in [0.15, 0.2) is 66.5 Å². The third kappa shape index (κ3) is 3.92. The lowest BCUT2D eigenvalue weighted by Gasteiger charge is -2.22. The van der Waals surface area contributed by atoms with Crippen LogP contribution in [0.2, 0.25) is 0 Å². The summed E-state index contributed by atoms with van der Waals surface area (Å²) in [7, 11) is 0. The van der Waals surface area contributed by atoms with Crippen molar-refractivity contribution in [3.05, 3.63) is 83.2 Å². The van der Waals surface area contributed by atoms with Gasteiger partial charge in [-0.25, -0.2) is 4.98 Å². The van der Waals surface area contributed by atoms with Crippen LogP contribution >= 0.6 is 11.3 Å². The van der Waals surface area contributed by atoms with E-state index in [2.05, 4.69) is 9.97 Å². The molecule has 186 valence electrons. The number of aliphatic hydroxyl groups excluding tert-OH is 1. The molecule has 4 aromatic rings. The SMILES string of the molecule is CCOc1ccc2nc(N3C(=O)C(=O)C(=C(O)c4ccc5c(c4)C[C@H](C)O5)[C@H]3c3cccnc3)sc2c1. The molecular formula is C28H23N3O5S. The van der Waals surface area contributed by atoms with Gasteiger partial charge in [0.1, 0.15) is 23.4 Å². The average molecular weight is 514 g/mol. The Morgan fingerprint density at radius 2 is 2.08 bits per heavy atom. The number of nitrogens with zero attached hydrogens (tertiary/aromatic N) is 3. The predicted molar refractivity (Wildman–Crippen MR) is 140 cm³/mol. The van der Waals surface area contributed by atoms with Crippen LogP contribution in [0.5, 0.6) is 11.5 Å². The van der Waals surface area contributed by atoms with Crippen molar-refractivity contribution in [2.24, 2.45) is 0 Å². The first-order valence-corrected chi connectivity index (χ1v) is 12.8. The highest BCUT2D eigenvalue weighted by Crippen LogP contribution is 2.45. The number of ether oxygens (including phenoxy) is 2. The molecule has 0 saturated carbocycles. The second-order valence-electron chi connectivity index (χ2n) is 8.97. The van der Waals surface area contributed by atoms with Gasteiger partial charge in [-0.05, 0) is 67.4 Å². The monoisotopic (exact) mass is 513 g/mol. The molecule has 0 spiro atoms. The van der Waals surface area contributed by atoms with Gasteiger partial charge in [-0.1, -0.05) is 17.4 Å². The van der Waals surface area contributed by atoms with E-state index < -0.39 is 17.7 Å². The second kappa shape index (κ2) is 9.01. The first-order chi connectivity index (χ1) is 17.9. The molecule has 4 heterocycles. The number of anilines is 1. The van der Waals surface area contributed by atoms with Crippen LogP contribution in [-0.2, 0) is 16.0 Å². The van der Waals surface area contributed by atoms with Crippen LogP contribution in [0, 0.1) is 0 Å². The summed E-state index contributed by atoms with van der Waals surface area (Å²) < 4.78 is 12.2. The number of rotatable bonds is 5. The fraction of sp³-hybridized carbons (Fsp3) is 0.214. The normalized spacial score (nSPS) is 20.3. The van der Waals surface area contributed by atoms with E-state index in [1.165, 1.54) is 16.2 Å². The zero-order valence-electron chi connectivity index (χ0n) is 20.2. The van der Waals surface area contributed by atoms with E-state index in [1.54, 1.807) is 36.7 Å². The number of carbonyl (C=O) groups is 2. The number of pyridine rings is 1. The van der Waals surface area contributed by atoms with Gasteiger partial charge < -0.3 is 14.6 Å². The number of ketones is 1. The maximum absolute atomic E-state index is 13.4. The molecule has 37 heavy (non-hydrogen) atoms. The zero-order chi connectivity index (χ0) is 25.7. The minimum absolute atomic E-state index is 0.000764. The first-order valence-electron chi connectivity index (χ1n) is 12.0. The zero-order valence-corrected chi connectivity index (χ0v) is 21.0. The maximum atomic E-state index is 13.4. The number of amides is 1. The van der Waals surface area contributed by atoms with Crippen molar-refractivity contribution in [1.29, 1.82) is 0 Å². The molecule has 8 nitrogen and oxygen atoms in total. The largest absolute Gasteiger partial charge is 0.507 e. The van der Waals surface area contributed by atoms with E-state index in [9.17, 15) is 14.7 Å². The maximum Gasteiger partial charge on any atom is 0.301 e. The molecule has 2 atom stereocenters. The summed E-state index contributed by atoms with van der Waals surface area (Å²) in [5.41, 5.74) is 2.67. The number of aromatic nitrogens is 2. The smallest absolute Gasteiger partial charge is 0.301 e. The van der Waals surface area contributed by atoms with Gasteiger partial charge in [-0.15, -0.1) is 0 Å². The van der Waals surface area contributed by atoms with E-state index in [0.717, 1.165) is 16.0 Å². The lowest BCUT2D eigenvalue weighted by molar-refractivity contribution is -0.132. The van der Waals surface area contributed by atoms with Crippen molar-refractivity contribution in [1.82, 2.24) is 9.97 Å². The Morgan fingerprint density at radius 1 is 1.22 bits per heavy atom. The van der Waals surface area contributed by atoms with Gasteiger partial charge >= 0.3 is 5.91 Å². The van der Waals surface area contributed by atoms with Gasteiger partial charge in [0.15, 0.2) is 5.13 Å². The number of benzene rings is 2. The molecule has 1 saturated heterocycles. The quantitative estimate of drug-likeness (QED) is 0.227. The number of hydrogen-bond acceptors (Lipinski definition) is 8. The molecule has 6 rings (SSSR count). The first kappa shape index (κ1) is 23.2. The third-order valence-corrected chi connectivity index (χ3v) is 7.50. The topological polar surface area (TPSA) is 102 Å². The Hall–Kier alpha value is -4.24. The van der Waals surface area contributed by atoms with Crippen LogP contribution in [-0.4, -0.2) is 39.5 Å². The van der Waals surface area contributed by atoms with Crippen molar-refractivity contribution in [2.75, 3.05) is 11.5 Å². The van der Waals surface area contributed by atoms with Gasteiger partial charge in [-0.2, -0.15) is 0 Å². The lowest BCUT2D eigenvalue weighted by atomic mass is 9.95. The standard InChI is InChI=1S/C28H23N3O5S/c1-3-35-19-7-8-20-22(13-19)37-28(30-20)31-24(17-5-4-10-29-14-17)23(26(33)27(31)34)25(32)16-6-9-21-18(12-16)11-15(2)36-21/h4-10,12-15,24,32H,3,11H2,1-2H3/t15-,24+/m0/s1. The third-order valence-electron chi connectivity index (χ3n) is 6.48. The van der Waals surface area contributed by atoms with Crippen molar-refractivity contribution < 1.29 is 24.2 Å². The summed E-state index contributed by atoms with van der Waals surface area (Å²) in [6.07, 6.45) is 3.95. The average Bonchev–Trinajstić information content (AvgIpc) is 3.56. The van der Waals surface area contributed by atoms with Crippen LogP contribution in [0.4, 0.5) is 5.13 Å². The molecule has 2 aliphatic heterocycles. The van der Waals surface area contributed by atoms with Crippen molar-refractivity contribution >= 4 is 44.1 Å². The summed E-state index contributed by atoms with van der Waals surface area (Å²) in [5.74, 6) is -0.305. The summed E-state index contributed by atoms with van der Waals surface area (Å²) >= 11 is 1.29. The number of fused-ring (bicyclic) bond motifs is 2. The molecule has 0 radical (unpaired) electrons. The van der Waals surface area contributed by atoms with Crippen LogP contribution in [0.25, 0.3) is 16.0 Å². The summed E-state index contributed by atoms with van der Waals surface area (Å²) in [5, 5.41) is 11.8. The summed E-state index contributed by atoms with van der Waals surface area (Å²) in [6.45, 7) is 4.41. The molecule has 1 N–H and O–H groups in total. The molecule has 0 unspecified atom stereocenters. The molecule has 0 bridgehead atoms. The Bertz CT molecular complexity index is 1580. The van der Waals surface area contributed by atoms with E-state index in [-0.39, 0.29) is 17.4 Å². The Morgan fingerprint density at radius 3 is 2.86 bits per heavy atom. The van der Waals surface area contributed by atoms with Gasteiger partial charge in [-0.3, -0.25) is 19.5 Å². The van der Waals surface area contributed by atoms with Gasteiger partial charge in [0, 0.05) is 24.4 Å². The second-order valence-corrected chi connectivity index (χ2v) is 9.98. The van der Waals surface area contributed by atoms with Crippen molar-refractivity contribution in [2.45, 2.75) is 32.4 Å². The fourth-order valence-corrected chi connectivity index (χ4v) is 5.88. The molecule has 2 aromatic heterocycles. The van der Waals surface area contributed by atoms with Crippen molar-refractivity contribution in [3.8, 4) is 11.5 Å². The Kier molecular flexibility index (Phi) is 5.64. The number of aliphatic hydroxyl groups is 1. The Balaban J connectivity index is 1.50.